The van der Waals surface area contributed by atoms with E-state index in [-0.39, 0.29) is 40.1 Å². The SMILES string of the molecule is CC1(C)CC(OC(=O)CCCCC(=O)C2CC(C)(C)NC(C)(C)C2)CC(C)(C)N1. The second-order valence-corrected chi connectivity index (χ2v) is 12.1. The van der Waals surface area contributed by atoms with E-state index in [2.05, 4.69) is 66.0 Å². The zero-order valence-electron chi connectivity index (χ0n) is 20.0. The van der Waals surface area contributed by atoms with Gasteiger partial charge in [-0.1, -0.05) is 0 Å². The molecular weight excluding hydrogens is 364 g/mol. The Hall–Kier alpha value is -0.940. The summed E-state index contributed by atoms with van der Waals surface area (Å²) in [7, 11) is 0. The summed E-state index contributed by atoms with van der Waals surface area (Å²) < 4.78 is 5.77. The monoisotopic (exact) mass is 408 g/mol. The molecule has 2 fully saturated rings. The maximum Gasteiger partial charge on any atom is 0.306 e. The smallest absolute Gasteiger partial charge is 0.306 e. The average Bonchev–Trinajstić information content (AvgIpc) is 2.44. The highest BCUT2D eigenvalue weighted by Gasteiger charge is 2.40. The number of nitrogens with one attached hydrogen (secondary N) is 2. The van der Waals surface area contributed by atoms with E-state index in [0.29, 0.717) is 18.6 Å². The Morgan fingerprint density at radius 1 is 0.724 bits per heavy atom. The van der Waals surface area contributed by atoms with Crippen molar-refractivity contribution in [3.8, 4) is 0 Å². The lowest BCUT2D eigenvalue weighted by molar-refractivity contribution is -0.153. The maximum atomic E-state index is 12.7. The molecule has 2 heterocycles. The van der Waals surface area contributed by atoms with Crippen molar-refractivity contribution >= 4 is 11.8 Å². The molecule has 2 aliphatic rings. The average molecular weight is 409 g/mol. The van der Waals surface area contributed by atoms with E-state index in [0.717, 1.165) is 38.5 Å². The van der Waals surface area contributed by atoms with Crippen LogP contribution in [0.1, 0.15) is 107 Å². The molecule has 5 nitrogen and oxygen atoms in total. The van der Waals surface area contributed by atoms with E-state index >= 15 is 0 Å². The molecule has 0 aromatic heterocycles. The van der Waals surface area contributed by atoms with Crippen LogP contribution >= 0.6 is 0 Å². The molecule has 2 aliphatic heterocycles. The van der Waals surface area contributed by atoms with Gasteiger partial charge < -0.3 is 15.4 Å². The normalized spacial score (nSPS) is 26.1. The van der Waals surface area contributed by atoms with E-state index in [9.17, 15) is 9.59 Å². The minimum atomic E-state index is -0.125. The summed E-state index contributed by atoms with van der Waals surface area (Å²) in [6.45, 7) is 17.3. The lowest BCUT2D eigenvalue weighted by Crippen LogP contribution is -2.59. The Bertz CT molecular complexity index is 575. The first-order chi connectivity index (χ1) is 13.1. The number of carbonyl (C=O) groups is 2. The predicted molar refractivity (Wildman–Crippen MR) is 118 cm³/mol. The third kappa shape index (κ3) is 8.01. The molecule has 2 rings (SSSR count). The van der Waals surface area contributed by atoms with Crippen LogP contribution in [0.5, 0.6) is 0 Å². The second kappa shape index (κ2) is 8.66. The van der Waals surface area contributed by atoms with E-state index in [1.165, 1.54) is 0 Å². The minimum absolute atomic E-state index is 0.0116. The van der Waals surface area contributed by atoms with Crippen molar-refractivity contribution in [3.63, 3.8) is 0 Å². The van der Waals surface area contributed by atoms with Crippen molar-refractivity contribution in [1.82, 2.24) is 10.6 Å². The molecule has 29 heavy (non-hydrogen) atoms. The summed E-state index contributed by atoms with van der Waals surface area (Å²) in [6, 6.07) is 0. The van der Waals surface area contributed by atoms with Crippen molar-refractivity contribution in [2.45, 2.75) is 135 Å². The number of carbonyl (C=O) groups excluding carboxylic acids is 2. The molecule has 0 aromatic rings. The van der Waals surface area contributed by atoms with Crippen molar-refractivity contribution in [1.29, 1.82) is 0 Å². The molecule has 168 valence electrons. The van der Waals surface area contributed by atoms with Crippen LogP contribution in [0.15, 0.2) is 0 Å². The first kappa shape index (κ1) is 24.3. The van der Waals surface area contributed by atoms with Gasteiger partial charge in [0.05, 0.1) is 0 Å². The van der Waals surface area contributed by atoms with E-state index < -0.39 is 0 Å². The number of unbranched alkanes of at least 4 members (excludes halogenated alkanes) is 1. The summed E-state index contributed by atoms with van der Waals surface area (Å²) in [5.74, 6) is 0.343. The summed E-state index contributed by atoms with van der Waals surface area (Å²) >= 11 is 0. The number of rotatable bonds is 7. The number of Topliss-reactive ketones (excluding diaryl/α,β-unsaturated/α-hetero) is 1. The van der Waals surface area contributed by atoms with Gasteiger partial charge in [0.25, 0.3) is 0 Å². The molecule has 0 aliphatic carbocycles. The van der Waals surface area contributed by atoms with Crippen LogP contribution in [0.4, 0.5) is 0 Å². The Kier molecular flexibility index (Phi) is 7.27. The van der Waals surface area contributed by atoms with Gasteiger partial charge in [0.2, 0.25) is 0 Å². The third-order valence-corrected chi connectivity index (χ3v) is 6.15. The fourth-order valence-electron chi connectivity index (χ4n) is 5.88. The van der Waals surface area contributed by atoms with Crippen LogP contribution in [0.25, 0.3) is 0 Å². The molecule has 0 radical (unpaired) electrons. The summed E-state index contributed by atoms with van der Waals surface area (Å²) in [5.41, 5.74) is -0.0877. The van der Waals surface area contributed by atoms with Gasteiger partial charge in [-0.05, 0) is 81.1 Å². The number of esters is 1. The zero-order chi connectivity index (χ0) is 22.1. The highest BCUT2D eigenvalue weighted by molar-refractivity contribution is 5.81. The molecule has 2 saturated heterocycles. The Morgan fingerprint density at radius 3 is 1.62 bits per heavy atom. The van der Waals surface area contributed by atoms with Gasteiger partial charge in [-0.3, -0.25) is 9.59 Å². The van der Waals surface area contributed by atoms with Crippen LogP contribution in [0.3, 0.4) is 0 Å². The molecule has 0 aromatic carbocycles. The molecule has 0 amide bonds. The van der Waals surface area contributed by atoms with E-state index in [1.54, 1.807) is 0 Å². The van der Waals surface area contributed by atoms with Crippen molar-refractivity contribution in [2.75, 3.05) is 0 Å². The van der Waals surface area contributed by atoms with Crippen LogP contribution < -0.4 is 10.6 Å². The molecule has 5 heteroatoms. The summed E-state index contributed by atoms with van der Waals surface area (Å²) in [6.07, 6.45) is 5.87. The van der Waals surface area contributed by atoms with Gasteiger partial charge in [0.15, 0.2) is 0 Å². The number of hydrogen-bond donors (Lipinski definition) is 2. The van der Waals surface area contributed by atoms with Gasteiger partial charge in [0.1, 0.15) is 11.9 Å². The Balaban J connectivity index is 1.72. The summed E-state index contributed by atoms with van der Waals surface area (Å²) in [5, 5.41) is 7.24. The molecule has 0 bridgehead atoms. The topological polar surface area (TPSA) is 67.4 Å². The standard InChI is InChI=1S/C24H44N2O3/c1-21(2)13-17(14-22(3,4)25-21)19(27)11-9-10-12-20(28)29-18-15-23(5,6)26-24(7,8)16-18/h17-18,25-26H,9-16H2,1-8H3. The Labute approximate surface area is 178 Å². The van der Waals surface area contributed by atoms with Crippen LogP contribution in [-0.2, 0) is 14.3 Å². The molecule has 0 atom stereocenters. The van der Waals surface area contributed by atoms with Gasteiger partial charge in [-0.2, -0.15) is 0 Å². The van der Waals surface area contributed by atoms with Gasteiger partial charge >= 0.3 is 5.97 Å². The fraction of sp³-hybridized carbons (Fsp3) is 0.917. The van der Waals surface area contributed by atoms with Crippen LogP contribution in [0, 0.1) is 5.92 Å². The molecule has 2 N–H and O–H groups in total. The predicted octanol–water partition coefficient (Wildman–Crippen LogP) is 4.53. The number of piperidine rings is 2. The Morgan fingerprint density at radius 2 is 1.14 bits per heavy atom. The molecule has 0 saturated carbocycles. The highest BCUT2D eigenvalue weighted by atomic mass is 16.5. The fourth-order valence-corrected chi connectivity index (χ4v) is 5.88. The van der Waals surface area contributed by atoms with Crippen molar-refractivity contribution in [2.24, 2.45) is 5.92 Å². The number of hydrogen-bond acceptors (Lipinski definition) is 5. The summed E-state index contributed by atoms with van der Waals surface area (Å²) in [4.78, 5) is 25.0. The first-order valence-corrected chi connectivity index (χ1v) is 11.4. The molecular formula is C24H44N2O3. The van der Waals surface area contributed by atoms with Crippen molar-refractivity contribution in [3.05, 3.63) is 0 Å². The van der Waals surface area contributed by atoms with Gasteiger partial charge in [-0.25, -0.2) is 0 Å². The lowest BCUT2D eigenvalue weighted by Gasteiger charge is -2.46. The highest BCUT2D eigenvalue weighted by Crippen LogP contribution is 2.34. The van der Waals surface area contributed by atoms with Crippen LogP contribution in [-0.4, -0.2) is 40.0 Å². The molecule has 0 unspecified atom stereocenters. The lowest BCUT2D eigenvalue weighted by atomic mass is 9.73. The van der Waals surface area contributed by atoms with E-state index in [4.69, 9.17) is 4.74 Å². The zero-order valence-corrected chi connectivity index (χ0v) is 20.0. The largest absolute Gasteiger partial charge is 0.462 e. The van der Waals surface area contributed by atoms with E-state index in [1.807, 2.05) is 0 Å². The third-order valence-electron chi connectivity index (χ3n) is 6.15. The van der Waals surface area contributed by atoms with Gasteiger partial charge in [0, 0.05) is 53.8 Å². The molecule has 0 spiro atoms. The van der Waals surface area contributed by atoms with Crippen LogP contribution in [0.2, 0.25) is 0 Å². The minimum Gasteiger partial charge on any atom is -0.462 e. The number of ketones is 1. The quantitative estimate of drug-likeness (QED) is 0.479. The van der Waals surface area contributed by atoms with Crippen molar-refractivity contribution < 1.29 is 14.3 Å². The van der Waals surface area contributed by atoms with Gasteiger partial charge in [-0.15, -0.1) is 0 Å². The first-order valence-electron chi connectivity index (χ1n) is 11.4. The second-order valence-electron chi connectivity index (χ2n) is 12.1. The maximum absolute atomic E-state index is 12.7. The number of ether oxygens (including phenoxy) is 1.